The van der Waals surface area contributed by atoms with E-state index in [-0.39, 0.29) is 48.1 Å². The first-order valence-electron chi connectivity index (χ1n) is 18.8. The van der Waals surface area contributed by atoms with Crippen LogP contribution in [0.15, 0.2) is 78.5 Å². The Kier molecular flexibility index (Phi) is 12.3. The van der Waals surface area contributed by atoms with Gasteiger partial charge in [0.1, 0.15) is 6.04 Å². The van der Waals surface area contributed by atoms with Crippen LogP contribution >= 0.6 is 0 Å². The highest BCUT2D eigenvalue weighted by Gasteiger charge is 2.65. The van der Waals surface area contributed by atoms with Crippen LogP contribution in [-0.2, 0) is 26.7 Å². The number of aliphatic hydroxyl groups is 1. The molecule has 0 radical (unpaired) electrons. The minimum absolute atomic E-state index is 0.0736. The van der Waals surface area contributed by atoms with Gasteiger partial charge in [0.25, 0.3) is 5.91 Å². The Morgan fingerprint density at radius 1 is 0.983 bits per heavy atom. The molecule has 7 N–H and O–H groups in total. The van der Waals surface area contributed by atoms with Gasteiger partial charge in [0, 0.05) is 35.7 Å². The number of carbonyl (C=O) groups excluding carboxylic acids is 3. The van der Waals surface area contributed by atoms with E-state index in [1.54, 1.807) is 22.3 Å². The number of nitrogens with one attached hydrogen (secondary N) is 3. The number of alkyl halides is 4. The monoisotopic (exact) mass is 805 g/mol. The Balaban J connectivity index is 1.16. The standard InChI is InChI=1S/C41H43F4N7O6/c1-23-19-29(37(56)52-18-2-3-31(52)22-53)14-17-32(23)26-8-4-24(5-9-26)20-33(48-35(54)28-10-6-25(21-46)7-11-28)36(55)47-30-15-12-27(13-16-30)34-49-38(51-50-34)40(42,43)41(44,45)39(57)58/h4-5,8-9,12-17,19,21,28,31,33,53H,2-3,6-7,10-11,18,20,22,46H2,1H3,(H,47,55)(H,48,54)(H,57,58)(H,49,50,51)/t28?,31-,33?/m0/s1. The second-order valence-corrected chi connectivity index (χ2v) is 14.6. The molecule has 1 saturated carbocycles. The number of H-pyrrole nitrogens is 1. The summed E-state index contributed by atoms with van der Waals surface area (Å²) in [6.45, 7) is 2.45. The predicted molar refractivity (Wildman–Crippen MR) is 205 cm³/mol. The first-order valence-corrected chi connectivity index (χ1v) is 18.8. The van der Waals surface area contributed by atoms with E-state index in [2.05, 4.69) is 20.7 Å². The highest BCUT2D eigenvalue weighted by Crippen LogP contribution is 2.42. The average molecular weight is 806 g/mol. The number of aromatic nitrogens is 3. The van der Waals surface area contributed by atoms with Gasteiger partial charge in [0.15, 0.2) is 5.82 Å². The smallest absolute Gasteiger partial charge is 0.411 e. The highest BCUT2D eigenvalue weighted by molar-refractivity contribution is 5.98. The molecule has 1 aliphatic carbocycles. The van der Waals surface area contributed by atoms with Crippen LogP contribution in [0.2, 0.25) is 0 Å². The summed E-state index contributed by atoms with van der Waals surface area (Å²) in [6.07, 6.45) is 5.79. The number of aliphatic carboxylic acids is 1. The van der Waals surface area contributed by atoms with Crippen molar-refractivity contribution in [1.29, 1.82) is 0 Å². The van der Waals surface area contributed by atoms with Crippen molar-refractivity contribution in [3.05, 3.63) is 101 Å². The molecule has 2 fully saturated rings. The Bertz CT molecular complexity index is 2180. The van der Waals surface area contributed by atoms with Crippen LogP contribution in [0.1, 0.15) is 65.8 Å². The highest BCUT2D eigenvalue weighted by atomic mass is 19.3. The minimum atomic E-state index is -5.44. The number of halogens is 4. The number of aromatic amines is 1. The summed E-state index contributed by atoms with van der Waals surface area (Å²) >= 11 is 0. The Morgan fingerprint density at radius 3 is 2.28 bits per heavy atom. The second-order valence-electron chi connectivity index (χ2n) is 14.6. The normalized spacial score (nSPS) is 17.8. The van der Waals surface area contributed by atoms with Gasteiger partial charge < -0.3 is 31.5 Å². The van der Waals surface area contributed by atoms with Crippen molar-refractivity contribution in [2.75, 3.05) is 18.5 Å². The zero-order valence-corrected chi connectivity index (χ0v) is 31.5. The maximum absolute atomic E-state index is 14.2. The van der Waals surface area contributed by atoms with E-state index in [0.29, 0.717) is 37.8 Å². The van der Waals surface area contributed by atoms with Gasteiger partial charge in [-0.25, -0.2) is 9.78 Å². The number of rotatable bonds is 13. The van der Waals surface area contributed by atoms with Crippen LogP contribution in [0.3, 0.4) is 0 Å². The molecule has 2 heterocycles. The largest absolute Gasteiger partial charge is 0.477 e. The van der Waals surface area contributed by atoms with E-state index in [4.69, 9.17) is 10.8 Å². The van der Waals surface area contributed by atoms with Crippen molar-refractivity contribution < 1.29 is 47.0 Å². The molecule has 0 bridgehead atoms. The lowest BCUT2D eigenvalue weighted by Crippen LogP contribution is -2.47. The number of amides is 3. The zero-order valence-electron chi connectivity index (χ0n) is 31.5. The lowest BCUT2D eigenvalue weighted by atomic mass is 9.85. The maximum Gasteiger partial charge on any atom is 0.411 e. The number of hydrogen-bond donors (Lipinski definition) is 6. The molecule has 0 spiro atoms. The molecule has 17 heteroatoms. The molecule has 1 aromatic heterocycles. The zero-order chi connectivity index (χ0) is 41.8. The van der Waals surface area contributed by atoms with Crippen molar-refractivity contribution in [2.24, 2.45) is 11.7 Å². The summed E-state index contributed by atoms with van der Waals surface area (Å²) in [5.41, 5.74) is 11.1. The number of allylic oxidation sites excluding steroid dienone is 1. The molecule has 1 aliphatic heterocycles. The van der Waals surface area contributed by atoms with Gasteiger partial charge in [-0.05, 0) is 110 Å². The molecule has 6 rings (SSSR count). The van der Waals surface area contributed by atoms with Crippen molar-refractivity contribution in [3.63, 3.8) is 0 Å². The van der Waals surface area contributed by atoms with Gasteiger partial charge in [-0.1, -0.05) is 35.9 Å². The number of benzene rings is 3. The van der Waals surface area contributed by atoms with Crippen LogP contribution in [0.25, 0.3) is 22.5 Å². The van der Waals surface area contributed by atoms with E-state index >= 15 is 0 Å². The van der Waals surface area contributed by atoms with Gasteiger partial charge in [0.05, 0.1) is 12.6 Å². The third-order valence-corrected chi connectivity index (χ3v) is 10.8. The van der Waals surface area contributed by atoms with E-state index in [0.717, 1.165) is 40.7 Å². The van der Waals surface area contributed by atoms with E-state index in [1.165, 1.54) is 24.3 Å². The van der Waals surface area contributed by atoms with Crippen molar-refractivity contribution in [2.45, 2.75) is 75.8 Å². The number of nitrogens with zero attached hydrogens (tertiary/aromatic N) is 3. The number of aliphatic hydroxyl groups excluding tert-OH is 1. The summed E-state index contributed by atoms with van der Waals surface area (Å²) in [5.74, 6) is -17.0. The fraction of sp³-hybridized carbons (Fsp3) is 0.366. The van der Waals surface area contributed by atoms with Crippen LogP contribution in [-0.4, -0.2) is 85.1 Å². The molecule has 2 aliphatic rings. The number of aryl methyl sites for hydroxylation is 1. The van der Waals surface area contributed by atoms with Crippen LogP contribution in [0.4, 0.5) is 23.2 Å². The fourth-order valence-electron chi connectivity index (χ4n) is 7.30. The van der Waals surface area contributed by atoms with Crippen LogP contribution in [0, 0.1) is 12.8 Å². The summed E-state index contributed by atoms with van der Waals surface area (Å²) < 4.78 is 55.9. The molecule has 3 aromatic carbocycles. The molecular weight excluding hydrogens is 762 g/mol. The molecular formula is C41H43F4N7O6. The predicted octanol–water partition coefficient (Wildman–Crippen LogP) is 5.55. The Labute approximate surface area is 330 Å². The molecule has 1 saturated heterocycles. The van der Waals surface area contributed by atoms with Gasteiger partial charge >= 0.3 is 17.8 Å². The number of nitrogens with two attached hydrogens (primary N) is 1. The molecule has 4 aromatic rings. The van der Waals surface area contributed by atoms with Crippen LogP contribution in [0.5, 0.6) is 0 Å². The third-order valence-electron chi connectivity index (χ3n) is 10.8. The average Bonchev–Trinajstić information content (AvgIpc) is 3.92. The lowest BCUT2D eigenvalue weighted by Gasteiger charge is -2.26. The fourth-order valence-corrected chi connectivity index (χ4v) is 7.30. The van der Waals surface area contributed by atoms with E-state index < -0.39 is 41.4 Å². The molecule has 3 amide bonds. The number of hydrogen-bond acceptors (Lipinski definition) is 8. The molecule has 306 valence electrons. The molecule has 1 unspecified atom stereocenters. The first-order chi connectivity index (χ1) is 27.6. The number of carboxylic acid groups (broad SMARTS) is 1. The summed E-state index contributed by atoms with van der Waals surface area (Å²) in [4.78, 5) is 56.2. The minimum Gasteiger partial charge on any atom is -0.477 e. The summed E-state index contributed by atoms with van der Waals surface area (Å²) in [5, 5.41) is 29.1. The quantitative estimate of drug-likeness (QED) is 0.0936. The Hall–Kier alpha value is -6.10. The SMILES string of the molecule is Cc1cc(C(=O)N2CCC[C@H]2CO)ccc1-c1ccc(CC(NC(=O)C2CCC(=CN)CC2)C(=O)Nc2ccc(-c3n[nH]c(C(F)(F)C(F)(F)C(=O)O)n3)cc2)cc1. The molecule has 58 heavy (non-hydrogen) atoms. The van der Waals surface area contributed by atoms with Gasteiger partial charge in [0.2, 0.25) is 17.6 Å². The molecule has 13 nitrogen and oxygen atoms in total. The number of carbonyl (C=O) groups is 4. The number of carboxylic acids is 1. The number of likely N-dealkylation sites (tertiary alicyclic amines) is 1. The van der Waals surface area contributed by atoms with Gasteiger partial charge in [-0.15, -0.1) is 0 Å². The number of anilines is 1. The Morgan fingerprint density at radius 2 is 1.66 bits per heavy atom. The van der Waals surface area contributed by atoms with Gasteiger partial charge in [-0.2, -0.15) is 22.7 Å². The van der Waals surface area contributed by atoms with Gasteiger partial charge in [-0.3, -0.25) is 19.5 Å². The summed E-state index contributed by atoms with van der Waals surface area (Å²) in [6, 6.07) is 17.3. The van der Waals surface area contributed by atoms with Crippen molar-refractivity contribution in [3.8, 4) is 22.5 Å². The lowest BCUT2D eigenvalue weighted by molar-refractivity contribution is -0.231. The topological polar surface area (TPSA) is 204 Å². The van der Waals surface area contributed by atoms with Crippen molar-refractivity contribution >= 4 is 29.4 Å². The van der Waals surface area contributed by atoms with E-state index in [9.17, 15) is 41.8 Å². The first kappa shape index (κ1) is 41.5. The second kappa shape index (κ2) is 17.2. The molecule has 2 atom stereocenters. The van der Waals surface area contributed by atoms with Crippen molar-refractivity contribution in [1.82, 2.24) is 25.4 Å². The maximum atomic E-state index is 14.2. The van der Waals surface area contributed by atoms with E-state index in [1.807, 2.05) is 43.3 Å². The van der Waals surface area contributed by atoms with Crippen LogP contribution < -0.4 is 16.4 Å². The summed E-state index contributed by atoms with van der Waals surface area (Å²) in [7, 11) is 0. The third kappa shape index (κ3) is 8.73.